The van der Waals surface area contributed by atoms with Crippen LogP contribution in [-0.4, -0.2) is 70.1 Å². The van der Waals surface area contributed by atoms with Gasteiger partial charge in [-0.05, 0) is 12.8 Å². The summed E-state index contributed by atoms with van der Waals surface area (Å²) in [6.45, 7) is -0.380. The fourth-order valence-electron chi connectivity index (χ4n) is 2.65. The lowest BCUT2D eigenvalue weighted by Crippen LogP contribution is -2.59. The summed E-state index contributed by atoms with van der Waals surface area (Å²) in [4.78, 5) is 11.7. The average molecular weight is 290 g/mol. The van der Waals surface area contributed by atoms with Crippen molar-refractivity contribution in [2.24, 2.45) is 5.92 Å². The minimum Gasteiger partial charge on any atom is -0.394 e. The lowest BCUT2D eigenvalue weighted by Gasteiger charge is -2.40. The Labute approximate surface area is 117 Å². The van der Waals surface area contributed by atoms with E-state index in [4.69, 9.17) is 14.6 Å². The highest BCUT2D eigenvalue weighted by Crippen LogP contribution is 2.25. The van der Waals surface area contributed by atoms with Crippen LogP contribution < -0.4 is 0 Å². The molecule has 116 valence electrons. The molecule has 0 amide bonds. The van der Waals surface area contributed by atoms with E-state index >= 15 is 0 Å². The summed E-state index contributed by atoms with van der Waals surface area (Å²) in [6.07, 6.45) is -3.24. The Hall–Kier alpha value is -0.570. The maximum absolute atomic E-state index is 11.7. The minimum atomic E-state index is -1.45. The zero-order chi connectivity index (χ0) is 14.7. The molecule has 0 aromatic carbocycles. The Morgan fingerprint density at radius 3 is 2.55 bits per heavy atom. The molecular weight excluding hydrogens is 268 g/mol. The molecule has 4 N–H and O–H groups in total. The fourth-order valence-corrected chi connectivity index (χ4v) is 2.65. The predicted octanol–water partition coefficient (Wildman–Crippen LogP) is -1.44. The van der Waals surface area contributed by atoms with Crippen molar-refractivity contribution in [3.8, 4) is 0 Å². The number of ether oxygens (including phenoxy) is 2. The van der Waals surface area contributed by atoms with E-state index in [-0.39, 0.29) is 18.3 Å². The maximum atomic E-state index is 11.7. The van der Waals surface area contributed by atoms with Crippen LogP contribution in [0.5, 0.6) is 0 Å². The monoisotopic (exact) mass is 290 g/mol. The number of hydrogen-bond donors (Lipinski definition) is 4. The van der Waals surface area contributed by atoms with Crippen molar-refractivity contribution in [3.05, 3.63) is 0 Å². The van der Waals surface area contributed by atoms with Gasteiger partial charge in [0.1, 0.15) is 30.2 Å². The number of carbonyl (C=O) groups is 1. The molecule has 7 nitrogen and oxygen atoms in total. The van der Waals surface area contributed by atoms with Crippen LogP contribution in [0.3, 0.4) is 0 Å². The zero-order valence-corrected chi connectivity index (χ0v) is 11.2. The van der Waals surface area contributed by atoms with Gasteiger partial charge in [-0.3, -0.25) is 4.79 Å². The van der Waals surface area contributed by atoms with Gasteiger partial charge in [-0.1, -0.05) is 6.42 Å². The standard InChI is InChI=1S/C13H22O7/c14-5-9-10(16)11(17)12(18)13(20-9)19-6-7-3-1-2-4-8(7)15/h7,9-14,16-18H,1-6H2/t7?,9-,10-,11+,12-,13-/m1/s1. The Morgan fingerprint density at radius 1 is 1.15 bits per heavy atom. The minimum absolute atomic E-state index is 0.113. The van der Waals surface area contributed by atoms with Gasteiger partial charge in [0.2, 0.25) is 0 Å². The van der Waals surface area contributed by atoms with Crippen molar-refractivity contribution in [1.29, 1.82) is 0 Å². The fraction of sp³-hybridized carbons (Fsp3) is 0.923. The molecular formula is C13H22O7. The van der Waals surface area contributed by atoms with Gasteiger partial charge in [0, 0.05) is 12.3 Å². The Bertz CT molecular complexity index is 333. The predicted molar refractivity (Wildman–Crippen MR) is 66.7 cm³/mol. The van der Waals surface area contributed by atoms with Gasteiger partial charge in [-0.25, -0.2) is 0 Å². The number of aliphatic hydroxyl groups is 4. The molecule has 2 fully saturated rings. The Kier molecular flexibility index (Phi) is 5.48. The molecule has 0 spiro atoms. The molecule has 1 heterocycles. The first kappa shape index (κ1) is 15.8. The van der Waals surface area contributed by atoms with E-state index in [2.05, 4.69) is 0 Å². The molecule has 0 aromatic heterocycles. The van der Waals surface area contributed by atoms with Crippen LogP contribution in [0, 0.1) is 5.92 Å². The van der Waals surface area contributed by atoms with Crippen molar-refractivity contribution >= 4 is 5.78 Å². The van der Waals surface area contributed by atoms with E-state index in [1.54, 1.807) is 0 Å². The number of aliphatic hydroxyl groups excluding tert-OH is 4. The van der Waals surface area contributed by atoms with Gasteiger partial charge in [-0.15, -0.1) is 0 Å². The normalized spacial score (nSPS) is 42.7. The van der Waals surface area contributed by atoms with E-state index < -0.39 is 37.3 Å². The van der Waals surface area contributed by atoms with Gasteiger partial charge < -0.3 is 29.9 Å². The molecule has 0 bridgehead atoms. The highest BCUT2D eigenvalue weighted by molar-refractivity contribution is 5.81. The quantitative estimate of drug-likeness (QED) is 0.501. The van der Waals surface area contributed by atoms with Crippen molar-refractivity contribution in [1.82, 2.24) is 0 Å². The third kappa shape index (κ3) is 3.36. The third-order valence-electron chi connectivity index (χ3n) is 3.99. The number of ketones is 1. The van der Waals surface area contributed by atoms with Crippen molar-refractivity contribution in [2.75, 3.05) is 13.2 Å². The summed E-state index contributed by atoms with van der Waals surface area (Å²) < 4.78 is 10.6. The maximum Gasteiger partial charge on any atom is 0.186 e. The summed E-state index contributed by atoms with van der Waals surface area (Å²) >= 11 is 0. The first-order valence-electron chi connectivity index (χ1n) is 6.99. The second-order valence-electron chi connectivity index (χ2n) is 5.44. The van der Waals surface area contributed by atoms with Gasteiger partial charge in [0.15, 0.2) is 6.29 Å². The molecule has 0 aromatic rings. The van der Waals surface area contributed by atoms with E-state index in [0.717, 1.165) is 19.3 Å². The van der Waals surface area contributed by atoms with Crippen LogP contribution in [0.1, 0.15) is 25.7 Å². The molecule has 1 aliphatic heterocycles. The van der Waals surface area contributed by atoms with E-state index in [1.807, 2.05) is 0 Å². The van der Waals surface area contributed by atoms with Crippen LogP contribution in [0.4, 0.5) is 0 Å². The molecule has 1 unspecified atom stereocenters. The largest absolute Gasteiger partial charge is 0.394 e. The smallest absolute Gasteiger partial charge is 0.186 e. The van der Waals surface area contributed by atoms with Gasteiger partial charge >= 0.3 is 0 Å². The summed E-state index contributed by atoms with van der Waals surface area (Å²) in [5, 5.41) is 38.1. The van der Waals surface area contributed by atoms with Gasteiger partial charge in [-0.2, -0.15) is 0 Å². The summed E-state index contributed by atoms with van der Waals surface area (Å²) in [6, 6.07) is 0. The summed E-state index contributed by atoms with van der Waals surface area (Å²) in [5.74, 6) is -0.0723. The molecule has 7 heteroatoms. The topological polar surface area (TPSA) is 116 Å². The molecule has 1 saturated carbocycles. The molecule has 2 aliphatic rings. The highest BCUT2D eigenvalue weighted by atomic mass is 16.7. The average Bonchev–Trinajstić information content (AvgIpc) is 2.46. The zero-order valence-electron chi connectivity index (χ0n) is 11.2. The first-order chi connectivity index (χ1) is 9.54. The summed E-state index contributed by atoms with van der Waals surface area (Å²) in [7, 11) is 0. The molecule has 0 radical (unpaired) electrons. The van der Waals surface area contributed by atoms with Crippen molar-refractivity contribution in [3.63, 3.8) is 0 Å². The van der Waals surface area contributed by atoms with Crippen molar-refractivity contribution < 1.29 is 34.7 Å². The lowest BCUT2D eigenvalue weighted by atomic mass is 9.88. The number of Topliss-reactive ketones (excluding diaryl/α,β-unsaturated/α-hetero) is 1. The number of hydrogen-bond acceptors (Lipinski definition) is 7. The highest BCUT2D eigenvalue weighted by Gasteiger charge is 2.44. The van der Waals surface area contributed by atoms with Gasteiger partial charge in [0.05, 0.1) is 13.2 Å². The Balaban J connectivity index is 1.89. The van der Waals surface area contributed by atoms with Crippen LogP contribution in [-0.2, 0) is 14.3 Å². The molecule has 1 aliphatic carbocycles. The van der Waals surface area contributed by atoms with Crippen LogP contribution >= 0.6 is 0 Å². The first-order valence-corrected chi connectivity index (χ1v) is 6.99. The van der Waals surface area contributed by atoms with Gasteiger partial charge in [0.25, 0.3) is 0 Å². The Morgan fingerprint density at radius 2 is 1.90 bits per heavy atom. The third-order valence-corrected chi connectivity index (χ3v) is 3.99. The second-order valence-corrected chi connectivity index (χ2v) is 5.44. The van der Waals surface area contributed by atoms with E-state index in [1.165, 1.54) is 0 Å². The number of carbonyl (C=O) groups excluding carboxylic acids is 1. The van der Waals surface area contributed by atoms with E-state index in [9.17, 15) is 20.1 Å². The SMILES string of the molecule is O=C1CCCCC1CO[C@@H]1O[C@H](CO)[C@@H](O)[C@H](O)[C@H]1O. The molecule has 6 atom stereocenters. The molecule has 20 heavy (non-hydrogen) atoms. The van der Waals surface area contributed by atoms with Crippen molar-refractivity contribution in [2.45, 2.75) is 56.4 Å². The number of rotatable bonds is 4. The van der Waals surface area contributed by atoms with Crippen LogP contribution in [0.15, 0.2) is 0 Å². The second kappa shape index (κ2) is 6.93. The lowest BCUT2D eigenvalue weighted by molar-refractivity contribution is -0.302. The molecule has 1 saturated heterocycles. The van der Waals surface area contributed by atoms with Crippen LogP contribution in [0.2, 0.25) is 0 Å². The van der Waals surface area contributed by atoms with Crippen LogP contribution in [0.25, 0.3) is 0 Å². The van der Waals surface area contributed by atoms with E-state index in [0.29, 0.717) is 6.42 Å². The summed E-state index contributed by atoms with van der Waals surface area (Å²) in [5.41, 5.74) is 0. The molecule has 2 rings (SSSR count).